The summed E-state index contributed by atoms with van der Waals surface area (Å²) in [5.74, 6) is 1.57. The van der Waals surface area contributed by atoms with Crippen LogP contribution in [0.5, 0.6) is 0 Å². The van der Waals surface area contributed by atoms with Gasteiger partial charge < -0.3 is 19.8 Å². The number of anilines is 2. The molecule has 0 bridgehead atoms. The van der Waals surface area contributed by atoms with Gasteiger partial charge in [0, 0.05) is 38.6 Å². The first-order chi connectivity index (χ1) is 10.4. The predicted octanol–water partition coefficient (Wildman–Crippen LogP) is 2.75. The van der Waals surface area contributed by atoms with Gasteiger partial charge in [0.15, 0.2) is 0 Å². The summed E-state index contributed by atoms with van der Waals surface area (Å²) in [7, 11) is 3.82. The lowest BCUT2D eigenvalue weighted by Crippen LogP contribution is -2.16. The molecule has 0 aliphatic rings. The predicted molar refractivity (Wildman–Crippen MR) is 94.5 cm³/mol. The Bertz CT molecular complexity index is 725. The highest BCUT2D eigenvalue weighted by molar-refractivity contribution is 7.71. The second-order valence-electron chi connectivity index (χ2n) is 5.10. The molecule has 118 valence electrons. The largest absolute Gasteiger partial charge is 0.368 e. The molecule has 2 aromatic heterocycles. The highest BCUT2D eigenvalue weighted by Gasteiger charge is 2.01. The topological polar surface area (TPSA) is 59.7 Å². The number of rotatable bonds is 5. The number of aryl methyl sites for hydroxylation is 2. The SMILES string of the molecule is Cc1cc(NCCNc2cc(C)n(C)c(=S)n2)nc(=S)n1C. The summed E-state index contributed by atoms with van der Waals surface area (Å²) in [5.41, 5.74) is 2.14. The second kappa shape index (κ2) is 6.97. The Hall–Kier alpha value is -1.80. The van der Waals surface area contributed by atoms with Crippen LogP contribution in [0.3, 0.4) is 0 Å². The van der Waals surface area contributed by atoms with Gasteiger partial charge >= 0.3 is 0 Å². The summed E-state index contributed by atoms with van der Waals surface area (Å²) in [6.07, 6.45) is 0. The fraction of sp³-hybridized carbons (Fsp3) is 0.429. The normalized spacial score (nSPS) is 10.5. The quantitative estimate of drug-likeness (QED) is 0.647. The van der Waals surface area contributed by atoms with Crippen molar-refractivity contribution in [1.82, 2.24) is 19.1 Å². The van der Waals surface area contributed by atoms with Crippen LogP contribution in [-0.2, 0) is 14.1 Å². The van der Waals surface area contributed by atoms with Crippen molar-refractivity contribution in [2.24, 2.45) is 14.1 Å². The Morgan fingerprint density at radius 1 is 0.864 bits per heavy atom. The van der Waals surface area contributed by atoms with Gasteiger partial charge in [0.25, 0.3) is 0 Å². The van der Waals surface area contributed by atoms with Crippen molar-refractivity contribution in [2.45, 2.75) is 13.8 Å². The number of nitrogens with one attached hydrogen (secondary N) is 2. The monoisotopic (exact) mass is 336 g/mol. The molecular weight excluding hydrogens is 316 g/mol. The van der Waals surface area contributed by atoms with Crippen molar-refractivity contribution in [3.05, 3.63) is 33.1 Å². The molecule has 0 saturated heterocycles. The minimum atomic E-state index is 0.569. The van der Waals surface area contributed by atoms with Crippen molar-refractivity contribution in [2.75, 3.05) is 23.7 Å². The maximum atomic E-state index is 5.20. The zero-order valence-electron chi connectivity index (χ0n) is 13.2. The first-order valence-corrected chi connectivity index (χ1v) is 7.77. The molecule has 2 rings (SSSR count). The van der Waals surface area contributed by atoms with Gasteiger partial charge in [-0.2, -0.15) is 0 Å². The Balaban J connectivity index is 1.93. The third-order valence-corrected chi connectivity index (χ3v) is 4.22. The first-order valence-electron chi connectivity index (χ1n) is 6.95. The van der Waals surface area contributed by atoms with Crippen LogP contribution >= 0.6 is 24.4 Å². The molecule has 0 amide bonds. The molecule has 2 heterocycles. The van der Waals surface area contributed by atoms with Gasteiger partial charge in [0.2, 0.25) is 9.54 Å². The minimum absolute atomic E-state index is 0.569. The van der Waals surface area contributed by atoms with Crippen LogP contribution in [0.15, 0.2) is 12.1 Å². The average molecular weight is 336 g/mol. The van der Waals surface area contributed by atoms with Crippen LogP contribution in [0.4, 0.5) is 11.6 Å². The third kappa shape index (κ3) is 3.89. The van der Waals surface area contributed by atoms with Crippen LogP contribution in [0.25, 0.3) is 0 Å². The fourth-order valence-electron chi connectivity index (χ4n) is 1.87. The summed E-state index contributed by atoms with van der Waals surface area (Å²) < 4.78 is 4.89. The van der Waals surface area contributed by atoms with E-state index in [-0.39, 0.29) is 0 Å². The molecule has 0 fully saturated rings. The Labute approximate surface area is 140 Å². The van der Waals surface area contributed by atoms with Gasteiger partial charge in [0.1, 0.15) is 11.6 Å². The van der Waals surface area contributed by atoms with Crippen LogP contribution in [0.2, 0.25) is 0 Å². The first kappa shape index (κ1) is 16.6. The van der Waals surface area contributed by atoms with Gasteiger partial charge in [-0.25, -0.2) is 9.97 Å². The maximum absolute atomic E-state index is 5.20. The van der Waals surface area contributed by atoms with Crippen LogP contribution in [0.1, 0.15) is 11.4 Å². The molecule has 0 unspecified atom stereocenters. The molecule has 8 heteroatoms. The highest BCUT2D eigenvalue weighted by Crippen LogP contribution is 2.08. The number of hydrogen-bond acceptors (Lipinski definition) is 6. The van der Waals surface area contributed by atoms with Gasteiger partial charge in [0.05, 0.1) is 0 Å². The molecule has 0 saturated carbocycles. The molecule has 6 nitrogen and oxygen atoms in total. The Kier molecular flexibility index (Phi) is 5.25. The molecular formula is C14H20N6S2. The molecule has 0 aliphatic heterocycles. The molecule has 0 spiro atoms. The molecule has 2 N–H and O–H groups in total. The number of aromatic nitrogens is 4. The van der Waals surface area contributed by atoms with Gasteiger partial charge in [-0.3, -0.25) is 0 Å². The van der Waals surface area contributed by atoms with Crippen molar-refractivity contribution in [1.29, 1.82) is 0 Å². The van der Waals surface area contributed by atoms with Crippen molar-refractivity contribution < 1.29 is 0 Å². The Morgan fingerprint density at radius 3 is 1.55 bits per heavy atom. The second-order valence-corrected chi connectivity index (χ2v) is 5.83. The van der Waals surface area contributed by atoms with E-state index in [4.69, 9.17) is 24.4 Å². The highest BCUT2D eigenvalue weighted by atomic mass is 32.1. The molecule has 2 aromatic rings. The van der Waals surface area contributed by atoms with E-state index in [1.807, 2.05) is 49.2 Å². The number of hydrogen-bond donors (Lipinski definition) is 2. The van der Waals surface area contributed by atoms with E-state index in [2.05, 4.69) is 20.6 Å². The van der Waals surface area contributed by atoms with Gasteiger partial charge in [-0.05, 0) is 50.4 Å². The van der Waals surface area contributed by atoms with Crippen molar-refractivity contribution in [3.8, 4) is 0 Å². The lowest BCUT2D eigenvalue weighted by molar-refractivity contribution is 0.801. The van der Waals surface area contributed by atoms with Crippen molar-refractivity contribution in [3.63, 3.8) is 0 Å². The van der Waals surface area contributed by atoms with E-state index < -0.39 is 0 Å². The molecule has 0 aromatic carbocycles. The minimum Gasteiger partial charge on any atom is -0.368 e. The molecule has 0 atom stereocenters. The van der Waals surface area contributed by atoms with Crippen LogP contribution in [0, 0.1) is 23.4 Å². The zero-order chi connectivity index (χ0) is 16.3. The van der Waals surface area contributed by atoms with E-state index in [9.17, 15) is 0 Å². The fourth-order valence-corrected chi connectivity index (χ4v) is 2.36. The molecule has 22 heavy (non-hydrogen) atoms. The van der Waals surface area contributed by atoms with Gasteiger partial charge in [-0.1, -0.05) is 0 Å². The Morgan fingerprint density at radius 2 is 1.23 bits per heavy atom. The van der Waals surface area contributed by atoms with E-state index >= 15 is 0 Å². The summed E-state index contributed by atoms with van der Waals surface area (Å²) in [4.78, 5) is 8.64. The average Bonchev–Trinajstić information content (AvgIpc) is 2.46. The summed E-state index contributed by atoms with van der Waals surface area (Å²) in [5, 5.41) is 6.50. The van der Waals surface area contributed by atoms with Crippen LogP contribution in [-0.4, -0.2) is 32.2 Å². The van der Waals surface area contributed by atoms with Crippen LogP contribution < -0.4 is 10.6 Å². The maximum Gasteiger partial charge on any atom is 0.201 e. The lowest BCUT2D eigenvalue weighted by Gasteiger charge is -2.11. The molecule has 0 radical (unpaired) electrons. The van der Waals surface area contributed by atoms with Gasteiger partial charge in [-0.15, -0.1) is 0 Å². The number of nitrogens with zero attached hydrogens (tertiary/aromatic N) is 4. The summed E-state index contributed by atoms with van der Waals surface area (Å²) in [6.45, 7) is 5.43. The smallest absolute Gasteiger partial charge is 0.201 e. The summed E-state index contributed by atoms with van der Waals surface area (Å²) in [6, 6.07) is 3.95. The standard InChI is InChI=1S/C14H20N6S2/c1-9-7-11(17-13(21)19(9)3)15-5-6-16-12-8-10(2)20(4)14(22)18-12/h7-8H,5-6H2,1-4H3,(H,15,17,21)(H,16,18,22). The lowest BCUT2D eigenvalue weighted by atomic mass is 10.4. The van der Waals surface area contributed by atoms with Crippen molar-refractivity contribution >= 4 is 36.1 Å². The third-order valence-electron chi connectivity index (χ3n) is 3.49. The zero-order valence-corrected chi connectivity index (χ0v) is 14.8. The van der Waals surface area contributed by atoms with E-state index in [0.717, 1.165) is 23.0 Å². The van der Waals surface area contributed by atoms with E-state index in [1.54, 1.807) is 0 Å². The van der Waals surface area contributed by atoms with E-state index in [1.165, 1.54) is 0 Å². The summed E-state index contributed by atoms with van der Waals surface area (Å²) >= 11 is 10.4. The molecule has 0 aliphatic carbocycles. The van der Waals surface area contributed by atoms with E-state index in [0.29, 0.717) is 22.6 Å².